The minimum atomic E-state index is -0.179. The Morgan fingerprint density at radius 2 is 2.00 bits per heavy atom. The summed E-state index contributed by atoms with van der Waals surface area (Å²) in [6.07, 6.45) is 2.77. The summed E-state index contributed by atoms with van der Waals surface area (Å²) in [5, 5.41) is 11.7. The molecule has 7 nitrogen and oxygen atoms in total. The number of anilines is 1. The molecule has 28 heavy (non-hydrogen) atoms. The highest BCUT2D eigenvalue weighted by atomic mass is 32.1. The lowest BCUT2D eigenvalue weighted by atomic mass is 9.98. The zero-order valence-corrected chi connectivity index (χ0v) is 16.9. The predicted molar refractivity (Wildman–Crippen MR) is 110 cm³/mol. The third-order valence-corrected chi connectivity index (χ3v) is 6.11. The Morgan fingerprint density at radius 1 is 1.25 bits per heavy atom. The van der Waals surface area contributed by atoms with E-state index in [1.807, 2.05) is 32.2 Å². The molecule has 1 fully saturated rings. The first kappa shape index (κ1) is 18.8. The maximum absolute atomic E-state index is 12.8. The van der Waals surface area contributed by atoms with Crippen LogP contribution in [0.5, 0.6) is 0 Å². The van der Waals surface area contributed by atoms with E-state index in [1.54, 1.807) is 4.68 Å². The molecule has 1 aromatic carbocycles. The molecule has 2 N–H and O–H groups in total. The number of piperidine rings is 1. The molecule has 1 aliphatic rings. The van der Waals surface area contributed by atoms with Gasteiger partial charge in [-0.15, -0.1) is 11.3 Å². The van der Waals surface area contributed by atoms with Crippen LogP contribution < -0.4 is 10.6 Å². The molecule has 0 radical (unpaired) electrons. The van der Waals surface area contributed by atoms with Crippen molar-refractivity contribution in [3.63, 3.8) is 0 Å². The summed E-state index contributed by atoms with van der Waals surface area (Å²) in [5.41, 5.74) is 1.93. The number of thiazole rings is 1. The van der Waals surface area contributed by atoms with Crippen LogP contribution in [0.2, 0.25) is 0 Å². The standard InChI is InChI=1S/C20H24N6OS/c1-13-17(28-16(22-13)12-14-6-4-3-5-7-14)19(27)24-20-23-18(25-26(20)2)15-8-10-21-11-9-15/h3-7,15,21H,8-12H2,1-2H3,(H,23,24,25,27). The van der Waals surface area contributed by atoms with Gasteiger partial charge in [0.05, 0.1) is 10.7 Å². The molecule has 1 saturated heterocycles. The molecular weight excluding hydrogens is 372 g/mol. The molecule has 0 unspecified atom stereocenters. The van der Waals surface area contributed by atoms with Gasteiger partial charge < -0.3 is 5.32 Å². The Balaban J connectivity index is 1.47. The first-order chi connectivity index (χ1) is 13.6. The number of nitrogens with zero attached hydrogens (tertiary/aromatic N) is 4. The number of aryl methyl sites for hydroxylation is 2. The van der Waals surface area contributed by atoms with E-state index < -0.39 is 0 Å². The minimum Gasteiger partial charge on any atom is -0.317 e. The summed E-state index contributed by atoms with van der Waals surface area (Å²) in [6.45, 7) is 3.83. The second kappa shape index (κ2) is 8.20. The predicted octanol–water partition coefficient (Wildman–Crippen LogP) is 2.89. The fourth-order valence-electron chi connectivity index (χ4n) is 3.43. The lowest BCUT2D eigenvalue weighted by Gasteiger charge is -2.19. The number of carbonyl (C=O) groups is 1. The van der Waals surface area contributed by atoms with E-state index in [2.05, 4.69) is 37.8 Å². The fraction of sp³-hybridized carbons (Fsp3) is 0.400. The van der Waals surface area contributed by atoms with E-state index in [-0.39, 0.29) is 5.91 Å². The molecule has 2 aromatic heterocycles. The summed E-state index contributed by atoms with van der Waals surface area (Å²) >= 11 is 1.43. The van der Waals surface area contributed by atoms with Crippen molar-refractivity contribution in [3.05, 3.63) is 57.3 Å². The van der Waals surface area contributed by atoms with Crippen molar-refractivity contribution in [1.29, 1.82) is 0 Å². The highest BCUT2D eigenvalue weighted by Crippen LogP contribution is 2.25. The highest BCUT2D eigenvalue weighted by Gasteiger charge is 2.22. The summed E-state index contributed by atoms with van der Waals surface area (Å²) in [4.78, 5) is 22.6. The molecule has 1 amide bonds. The second-order valence-electron chi connectivity index (χ2n) is 7.08. The number of amides is 1. The van der Waals surface area contributed by atoms with Gasteiger partial charge in [0.15, 0.2) is 5.82 Å². The van der Waals surface area contributed by atoms with Crippen LogP contribution in [0.15, 0.2) is 30.3 Å². The first-order valence-electron chi connectivity index (χ1n) is 9.53. The van der Waals surface area contributed by atoms with Crippen molar-refractivity contribution < 1.29 is 4.79 Å². The van der Waals surface area contributed by atoms with Gasteiger partial charge >= 0.3 is 0 Å². The van der Waals surface area contributed by atoms with E-state index >= 15 is 0 Å². The van der Waals surface area contributed by atoms with Crippen molar-refractivity contribution in [2.75, 3.05) is 18.4 Å². The number of hydrogen-bond donors (Lipinski definition) is 2. The van der Waals surface area contributed by atoms with Gasteiger partial charge in [-0.05, 0) is 38.4 Å². The van der Waals surface area contributed by atoms with Gasteiger partial charge in [0.1, 0.15) is 4.88 Å². The molecule has 0 bridgehead atoms. The topological polar surface area (TPSA) is 84.7 Å². The van der Waals surface area contributed by atoms with Crippen LogP contribution in [-0.2, 0) is 13.5 Å². The Kier molecular flexibility index (Phi) is 5.50. The Morgan fingerprint density at radius 3 is 2.75 bits per heavy atom. The third-order valence-electron chi connectivity index (χ3n) is 4.95. The van der Waals surface area contributed by atoms with E-state index in [0.29, 0.717) is 16.7 Å². The summed E-state index contributed by atoms with van der Waals surface area (Å²) in [7, 11) is 1.81. The van der Waals surface area contributed by atoms with Crippen LogP contribution in [0.4, 0.5) is 5.95 Å². The van der Waals surface area contributed by atoms with Gasteiger partial charge in [-0.1, -0.05) is 30.3 Å². The van der Waals surface area contributed by atoms with E-state index in [0.717, 1.165) is 48.9 Å². The summed E-state index contributed by atoms with van der Waals surface area (Å²) in [5.74, 6) is 1.46. The molecule has 1 aliphatic heterocycles. The van der Waals surface area contributed by atoms with Crippen LogP contribution >= 0.6 is 11.3 Å². The van der Waals surface area contributed by atoms with Crippen molar-refractivity contribution >= 4 is 23.2 Å². The third kappa shape index (κ3) is 4.13. The first-order valence-corrected chi connectivity index (χ1v) is 10.3. The number of rotatable bonds is 5. The van der Waals surface area contributed by atoms with E-state index in [9.17, 15) is 4.79 Å². The zero-order chi connectivity index (χ0) is 19.5. The molecule has 0 spiro atoms. The average molecular weight is 397 g/mol. The Hall–Kier alpha value is -2.58. The maximum atomic E-state index is 12.8. The van der Waals surface area contributed by atoms with Crippen LogP contribution in [-0.4, -0.2) is 38.7 Å². The highest BCUT2D eigenvalue weighted by molar-refractivity contribution is 7.14. The van der Waals surface area contributed by atoms with Crippen molar-refractivity contribution in [2.45, 2.75) is 32.1 Å². The normalized spacial score (nSPS) is 14.9. The average Bonchev–Trinajstić information content (AvgIpc) is 3.26. The van der Waals surface area contributed by atoms with Crippen LogP contribution in [0.3, 0.4) is 0 Å². The van der Waals surface area contributed by atoms with Crippen LogP contribution in [0.1, 0.15) is 50.5 Å². The smallest absolute Gasteiger partial charge is 0.270 e. The quantitative estimate of drug-likeness (QED) is 0.693. The molecule has 3 aromatic rings. The van der Waals surface area contributed by atoms with Crippen molar-refractivity contribution in [1.82, 2.24) is 25.1 Å². The van der Waals surface area contributed by atoms with Crippen LogP contribution in [0.25, 0.3) is 0 Å². The lowest BCUT2D eigenvalue weighted by Crippen LogP contribution is -2.27. The molecule has 4 rings (SSSR count). The van der Waals surface area contributed by atoms with Gasteiger partial charge in [0, 0.05) is 19.4 Å². The van der Waals surface area contributed by atoms with Crippen molar-refractivity contribution in [2.24, 2.45) is 7.05 Å². The molecular formula is C20H24N6OS. The summed E-state index contributed by atoms with van der Waals surface area (Å²) in [6, 6.07) is 10.2. The number of hydrogen-bond acceptors (Lipinski definition) is 6. The molecule has 146 valence electrons. The van der Waals surface area contributed by atoms with Gasteiger partial charge in [-0.3, -0.25) is 10.1 Å². The number of aromatic nitrogens is 4. The maximum Gasteiger partial charge on any atom is 0.270 e. The number of carbonyl (C=O) groups excluding carboxylic acids is 1. The SMILES string of the molecule is Cc1nc(Cc2ccccc2)sc1C(=O)Nc1nc(C2CCNCC2)nn1C. The number of nitrogens with one attached hydrogen (secondary N) is 2. The van der Waals surface area contributed by atoms with Gasteiger partial charge in [-0.2, -0.15) is 10.1 Å². The second-order valence-corrected chi connectivity index (χ2v) is 8.16. The fourth-order valence-corrected chi connectivity index (χ4v) is 4.43. The Bertz CT molecular complexity index is 958. The van der Waals surface area contributed by atoms with Crippen LogP contribution in [0, 0.1) is 6.92 Å². The summed E-state index contributed by atoms with van der Waals surface area (Å²) < 4.78 is 1.65. The zero-order valence-electron chi connectivity index (χ0n) is 16.1. The molecule has 0 saturated carbocycles. The molecule has 8 heteroatoms. The Labute approximate surface area is 168 Å². The minimum absolute atomic E-state index is 0.179. The molecule has 0 atom stereocenters. The molecule has 3 heterocycles. The molecule has 0 aliphatic carbocycles. The monoisotopic (exact) mass is 396 g/mol. The van der Waals surface area contributed by atoms with E-state index in [4.69, 9.17) is 0 Å². The number of benzene rings is 1. The van der Waals surface area contributed by atoms with Gasteiger partial charge in [-0.25, -0.2) is 9.67 Å². The lowest BCUT2D eigenvalue weighted by molar-refractivity contribution is 0.102. The van der Waals surface area contributed by atoms with E-state index in [1.165, 1.54) is 16.9 Å². The largest absolute Gasteiger partial charge is 0.317 e. The van der Waals surface area contributed by atoms with Crippen molar-refractivity contribution in [3.8, 4) is 0 Å². The van der Waals surface area contributed by atoms with Gasteiger partial charge in [0.2, 0.25) is 5.95 Å². The van der Waals surface area contributed by atoms with Gasteiger partial charge in [0.25, 0.3) is 5.91 Å².